The van der Waals surface area contributed by atoms with Crippen molar-refractivity contribution in [2.24, 2.45) is 11.8 Å². The van der Waals surface area contributed by atoms with Crippen LogP contribution in [0.4, 0.5) is 18.9 Å². The number of para-hydroxylation sites is 1. The molecular formula is C17H24F3NO3. The first-order valence-corrected chi connectivity index (χ1v) is 7.91. The Morgan fingerprint density at radius 1 is 1.29 bits per heavy atom. The van der Waals surface area contributed by atoms with Crippen LogP contribution >= 0.6 is 0 Å². The number of rotatable bonds is 11. The Balaban J connectivity index is 2.36. The lowest BCUT2D eigenvalue weighted by molar-refractivity contribution is -0.146. The van der Waals surface area contributed by atoms with Crippen LogP contribution in [0.5, 0.6) is 0 Å². The second-order valence-electron chi connectivity index (χ2n) is 5.99. The minimum atomic E-state index is -4.21. The molecule has 0 aromatic heterocycles. The Morgan fingerprint density at radius 3 is 2.54 bits per heavy atom. The van der Waals surface area contributed by atoms with Gasteiger partial charge in [0.1, 0.15) is 0 Å². The minimum absolute atomic E-state index is 0.00667. The Labute approximate surface area is 140 Å². The molecule has 0 amide bonds. The second kappa shape index (κ2) is 10.2. The number of halogens is 3. The molecule has 0 aliphatic rings. The van der Waals surface area contributed by atoms with Gasteiger partial charge in [-0.05, 0) is 30.4 Å². The van der Waals surface area contributed by atoms with Crippen molar-refractivity contribution in [1.29, 1.82) is 0 Å². The highest BCUT2D eigenvalue weighted by atomic mass is 19.4. The van der Waals surface area contributed by atoms with Crippen molar-refractivity contribution in [3.8, 4) is 0 Å². The molecule has 1 rings (SSSR count). The van der Waals surface area contributed by atoms with Gasteiger partial charge in [0.2, 0.25) is 0 Å². The van der Waals surface area contributed by atoms with E-state index in [9.17, 15) is 18.0 Å². The predicted octanol–water partition coefficient (Wildman–Crippen LogP) is 4.18. The molecule has 0 saturated heterocycles. The monoisotopic (exact) mass is 347 g/mol. The number of carboxylic acids is 1. The molecule has 0 radical (unpaired) electrons. The quantitative estimate of drug-likeness (QED) is 0.590. The van der Waals surface area contributed by atoms with Crippen molar-refractivity contribution >= 4 is 11.7 Å². The third kappa shape index (κ3) is 10.1. The molecule has 2 atom stereocenters. The van der Waals surface area contributed by atoms with E-state index in [0.717, 1.165) is 5.69 Å². The van der Waals surface area contributed by atoms with E-state index in [1.165, 1.54) is 0 Å². The molecule has 0 heterocycles. The van der Waals surface area contributed by atoms with Gasteiger partial charge in [0.15, 0.2) is 0 Å². The van der Waals surface area contributed by atoms with E-state index in [1.807, 2.05) is 37.3 Å². The summed E-state index contributed by atoms with van der Waals surface area (Å²) in [6, 6.07) is 9.43. The maximum absolute atomic E-state index is 12.0. The van der Waals surface area contributed by atoms with Crippen LogP contribution < -0.4 is 5.32 Å². The predicted molar refractivity (Wildman–Crippen MR) is 85.9 cm³/mol. The van der Waals surface area contributed by atoms with Crippen molar-refractivity contribution < 1.29 is 27.8 Å². The standard InChI is InChI=1S/C17H24F3NO3/c1-13(12-24-8-7-17(18,19)20)9-14(10-16(22)23)11-21-15-5-3-2-4-6-15/h2-6,13-14,21H,7-12H2,1H3,(H,22,23)/t13?,14-/m0/s1. The third-order valence-corrected chi connectivity index (χ3v) is 3.50. The fourth-order valence-electron chi connectivity index (χ4n) is 2.41. The van der Waals surface area contributed by atoms with Gasteiger partial charge in [-0.3, -0.25) is 4.79 Å². The number of aliphatic carboxylic acids is 1. The number of hydrogen-bond donors (Lipinski definition) is 2. The van der Waals surface area contributed by atoms with Gasteiger partial charge >= 0.3 is 12.1 Å². The molecule has 24 heavy (non-hydrogen) atoms. The number of carboxylic acid groups (broad SMARTS) is 1. The molecule has 4 nitrogen and oxygen atoms in total. The lowest BCUT2D eigenvalue weighted by Crippen LogP contribution is -2.22. The van der Waals surface area contributed by atoms with Crippen LogP contribution in [0, 0.1) is 11.8 Å². The fourth-order valence-corrected chi connectivity index (χ4v) is 2.41. The highest BCUT2D eigenvalue weighted by Crippen LogP contribution is 2.21. The average molecular weight is 347 g/mol. The van der Waals surface area contributed by atoms with Crippen LogP contribution in [-0.2, 0) is 9.53 Å². The first kappa shape index (κ1) is 20.3. The van der Waals surface area contributed by atoms with Gasteiger partial charge in [-0.25, -0.2) is 0 Å². The first-order valence-electron chi connectivity index (χ1n) is 7.91. The van der Waals surface area contributed by atoms with Gasteiger partial charge < -0.3 is 15.2 Å². The van der Waals surface area contributed by atoms with Gasteiger partial charge in [0, 0.05) is 25.3 Å². The summed E-state index contributed by atoms with van der Waals surface area (Å²) in [4.78, 5) is 11.0. The first-order chi connectivity index (χ1) is 11.3. The van der Waals surface area contributed by atoms with Crippen molar-refractivity contribution in [3.05, 3.63) is 30.3 Å². The normalized spacial score (nSPS) is 14.2. The molecule has 0 aliphatic carbocycles. The van der Waals surface area contributed by atoms with E-state index in [0.29, 0.717) is 13.0 Å². The summed E-state index contributed by atoms with van der Waals surface area (Å²) >= 11 is 0. The van der Waals surface area contributed by atoms with Crippen molar-refractivity contribution in [2.75, 3.05) is 25.1 Å². The van der Waals surface area contributed by atoms with E-state index in [2.05, 4.69) is 5.32 Å². The van der Waals surface area contributed by atoms with Crippen LogP contribution in [-0.4, -0.2) is 37.0 Å². The van der Waals surface area contributed by atoms with Gasteiger partial charge in [0.05, 0.1) is 13.0 Å². The maximum atomic E-state index is 12.0. The van der Waals surface area contributed by atoms with Gasteiger partial charge in [0.25, 0.3) is 0 Å². The van der Waals surface area contributed by atoms with Crippen molar-refractivity contribution in [3.63, 3.8) is 0 Å². The smallest absolute Gasteiger partial charge is 0.391 e. The molecule has 7 heteroatoms. The second-order valence-corrected chi connectivity index (χ2v) is 5.99. The lowest BCUT2D eigenvalue weighted by Gasteiger charge is -2.21. The summed E-state index contributed by atoms with van der Waals surface area (Å²) in [5.74, 6) is -1.02. The van der Waals surface area contributed by atoms with Gasteiger partial charge in [-0.2, -0.15) is 13.2 Å². The summed E-state index contributed by atoms with van der Waals surface area (Å²) in [7, 11) is 0. The number of benzene rings is 1. The minimum Gasteiger partial charge on any atom is -0.481 e. The number of nitrogens with one attached hydrogen (secondary N) is 1. The van der Waals surface area contributed by atoms with Crippen molar-refractivity contribution in [1.82, 2.24) is 0 Å². The van der Waals surface area contributed by atoms with Crippen LogP contribution in [0.25, 0.3) is 0 Å². The largest absolute Gasteiger partial charge is 0.481 e. The summed E-state index contributed by atoms with van der Waals surface area (Å²) in [6.07, 6.45) is -4.60. The van der Waals surface area contributed by atoms with Crippen molar-refractivity contribution in [2.45, 2.75) is 32.4 Å². The molecule has 0 aliphatic heterocycles. The van der Waals surface area contributed by atoms with E-state index in [-0.39, 0.29) is 31.5 Å². The number of alkyl halides is 3. The SMILES string of the molecule is CC(COCCC(F)(F)F)C[C@H](CNc1ccccc1)CC(=O)O. The highest BCUT2D eigenvalue weighted by molar-refractivity contribution is 5.67. The van der Waals surface area contributed by atoms with E-state index in [4.69, 9.17) is 9.84 Å². The summed E-state index contributed by atoms with van der Waals surface area (Å²) < 4.78 is 41.2. The Bertz CT molecular complexity index is 480. The number of hydrogen-bond acceptors (Lipinski definition) is 3. The molecule has 0 bridgehead atoms. The number of anilines is 1. The zero-order chi connectivity index (χ0) is 18.0. The fraction of sp³-hybridized carbons (Fsp3) is 0.588. The van der Waals surface area contributed by atoms with Crippen LogP contribution in [0.2, 0.25) is 0 Å². The topological polar surface area (TPSA) is 58.6 Å². The Kier molecular flexibility index (Phi) is 8.60. The molecule has 2 N–H and O–H groups in total. The lowest BCUT2D eigenvalue weighted by atomic mass is 9.93. The molecule has 0 fully saturated rings. The van der Waals surface area contributed by atoms with E-state index < -0.39 is 18.6 Å². The maximum Gasteiger partial charge on any atom is 0.391 e. The summed E-state index contributed by atoms with van der Waals surface area (Å²) in [6.45, 7) is 2.17. The molecule has 136 valence electrons. The summed E-state index contributed by atoms with van der Waals surface area (Å²) in [5.41, 5.74) is 0.905. The highest BCUT2D eigenvalue weighted by Gasteiger charge is 2.26. The molecule has 1 aromatic rings. The Hall–Kier alpha value is -1.76. The van der Waals surface area contributed by atoms with Crippen LogP contribution in [0.1, 0.15) is 26.2 Å². The average Bonchev–Trinajstić information content (AvgIpc) is 2.49. The summed E-state index contributed by atoms with van der Waals surface area (Å²) in [5, 5.41) is 12.2. The third-order valence-electron chi connectivity index (χ3n) is 3.50. The molecular weight excluding hydrogens is 323 g/mol. The zero-order valence-electron chi connectivity index (χ0n) is 13.7. The van der Waals surface area contributed by atoms with Gasteiger partial charge in [-0.15, -0.1) is 0 Å². The number of ether oxygens (including phenoxy) is 1. The zero-order valence-corrected chi connectivity index (χ0v) is 13.7. The van der Waals surface area contributed by atoms with Crippen LogP contribution in [0.3, 0.4) is 0 Å². The Morgan fingerprint density at radius 2 is 1.96 bits per heavy atom. The van der Waals surface area contributed by atoms with E-state index >= 15 is 0 Å². The number of carbonyl (C=O) groups is 1. The molecule has 0 spiro atoms. The van der Waals surface area contributed by atoms with Crippen LogP contribution in [0.15, 0.2) is 30.3 Å². The van der Waals surface area contributed by atoms with E-state index in [1.54, 1.807) is 0 Å². The molecule has 0 saturated carbocycles. The molecule has 1 aromatic carbocycles. The molecule has 1 unspecified atom stereocenters. The van der Waals surface area contributed by atoms with Gasteiger partial charge in [-0.1, -0.05) is 25.1 Å².